The monoisotopic (exact) mass is 346 g/mol. The van der Waals surface area contributed by atoms with Gasteiger partial charge in [-0.3, -0.25) is 0 Å². The molecule has 2 aromatic rings. The van der Waals surface area contributed by atoms with Gasteiger partial charge in [-0.05, 0) is 44.5 Å². The number of nitrogens with zero attached hydrogens (tertiary/aromatic N) is 2. The largest absolute Gasteiger partial charge is 0.497 e. The molecule has 1 fully saturated rings. The summed E-state index contributed by atoms with van der Waals surface area (Å²) in [6, 6.07) is 8.40. The normalized spacial score (nSPS) is 21.8. The number of hydrogen-bond acceptors (Lipinski definition) is 5. The van der Waals surface area contributed by atoms with E-state index in [0.717, 1.165) is 42.4 Å². The van der Waals surface area contributed by atoms with E-state index in [1.165, 1.54) is 5.56 Å². The van der Waals surface area contributed by atoms with E-state index in [4.69, 9.17) is 9.47 Å². The Bertz CT molecular complexity index is 641. The molecule has 2 heterocycles. The van der Waals surface area contributed by atoms with Gasteiger partial charge in [0.1, 0.15) is 5.75 Å². The molecule has 1 aromatic heterocycles. The van der Waals surface area contributed by atoms with Crippen LogP contribution in [0.5, 0.6) is 5.75 Å². The third kappa shape index (κ3) is 4.56. The van der Waals surface area contributed by atoms with Crippen molar-refractivity contribution < 1.29 is 9.47 Å². The molecular formula is C19H26N2O2S. The van der Waals surface area contributed by atoms with Crippen molar-refractivity contribution in [3.05, 3.63) is 45.9 Å². The SMILES string of the molecule is COc1ccc(C[C@H]2CN(C)CC[C@@H]2OCc2csc(C)n2)cc1. The van der Waals surface area contributed by atoms with Gasteiger partial charge in [0, 0.05) is 24.4 Å². The van der Waals surface area contributed by atoms with Crippen LogP contribution in [-0.2, 0) is 17.8 Å². The Hall–Kier alpha value is -1.43. The molecule has 0 saturated carbocycles. The van der Waals surface area contributed by atoms with Crippen molar-refractivity contribution in [1.29, 1.82) is 0 Å². The molecule has 0 radical (unpaired) electrons. The highest BCUT2D eigenvalue weighted by Crippen LogP contribution is 2.25. The van der Waals surface area contributed by atoms with Gasteiger partial charge in [-0.25, -0.2) is 4.98 Å². The summed E-state index contributed by atoms with van der Waals surface area (Å²) in [6.45, 7) is 4.83. The Morgan fingerprint density at radius 3 is 2.75 bits per heavy atom. The van der Waals surface area contributed by atoms with Crippen molar-refractivity contribution in [2.24, 2.45) is 5.92 Å². The van der Waals surface area contributed by atoms with Crippen molar-refractivity contribution in [2.45, 2.75) is 32.5 Å². The van der Waals surface area contributed by atoms with Crippen LogP contribution in [0.4, 0.5) is 0 Å². The molecule has 130 valence electrons. The maximum atomic E-state index is 6.25. The molecule has 0 unspecified atom stereocenters. The number of hydrogen-bond donors (Lipinski definition) is 0. The number of thiazole rings is 1. The fourth-order valence-corrected chi connectivity index (χ4v) is 3.94. The molecule has 3 rings (SSSR count). The predicted molar refractivity (Wildman–Crippen MR) is 97.7 cm³/mol. The summed E-state index contributed by atoms with van der Waals surface area (Å²) >= 11 is 1.69. The number of methoxy groups -OCH3 is 1. The average molecular weight is 346 g/mol. The molecule has 1 aliphatic heterocycles. The van der Waals surface area contributed by atoms with Gasteiger partial charge in [0.15, 0.2) is 0 Å². The molecule has 5 heteroatoms. The summed E-state index contributed by atoms with van der Waals surface area (Å²) in [6.07, 6.45) is 2.42. The number of aromatic nitrogens is 1. The van der Waals surface area contributed by atoms with Gasteiger partial charge < -0.3 is 14.4 Å². The van der Waals surface area contributed by atoms with Gasteiger partial charge in [0.2, 0.25) is 0 Å². The maximum Gasteiger partial charge on any atom is 0.118 e. The third-order valence-electron chi connectivity index (χ3n) is 4.64. The number of likely N-dealkylation sites (tertiary alicyclic amines) is 1. The summed E-state index contributed by atoms with van der Waals surface area (Å²) in [5.74, 6) is 1.42. The van der Waals surface area contributed by atoms with E-state index in [1.54, 1.807) is 18.4 Å². The van der Waals surface area contributed by atoms with Crippen LogP contribution in [0.2, 0.25) is 0 Å². The second-order valence-electron chi connectivity index (χ2n) is 6.57. The van der Waals surface area contributed by atoms with Crippen LogP contribution in [0.1, 0.15) is 22.7 Å². The molecular weight excluding hydrogens is 320 g/mol. The van der Waals surface area contributed by atoms with Crippen LogP contribution in [-0.4, -0.2) is 43.2 Å². The Morgan fingerprint density at radius 2 is 2.08 bits per heavy atom. The zero-order chi connectivity index (χ0) is 16.9. The summed E-state index contributed by atoms with van der Waals surface area (Å²) < 4.78 is 11.5. The highest BCUT2D eigenvalue weighted by Gasteiger charge is 2.28. The third-order valence-corrected chi connectivity index (χ3v) is 5.46. The van der Waals surface area contributed by atoms with E-state index < -0.39 is 0 Å². The van der Waals surface area contributed by atoms with Crippen molar-refractivity contribution in [3.63, 3.8) is 0 Å². The minimum atomic E-state index is 0.297. The average Bonchev–Trinajstić information content (AvgIpc) is 3.00. The quantitative estimate of drug-likeness (QED) is 0.801. The first kappa shape index (κ1) is 17.4. The van der Waals surface area contributed by atoms with E-state index in [2.05, 4.69) is 34.4 Å². The van der Waals surface area contributed by atoms with E-state index >= 15 is 0 Å². The molecule has 4 nitrogen and oxygen atoms in total. The second kappa shape index (κ2) is 8.10. The number of rotatable bonds is 6. The summed E-state index contributed by atoms with van der Waals surface area (Å²) in [5.41, 5.74) is 2.40. The molecule has 0 aliphatic carbocycles. The number of benzene rings is 1. The molecule has 0 amide bonds. The topological polar surface area (TPSA) is 34.6 Å². The van der Waals surface area contributed by atoms with Crippen molar-refractivity contribution in [3.8, 4) is 5.75 Å². The molecule has 1 aliphatic rings. The van der Waals surface area contributed by atoms with E-state index in [9.17, 15) is 0 Å². The molecule has 0 bridgehead atoms. The standard InChI is InChI=1S/C19H26N2O2S/c1-14-20-17(13-24-14)12-23-19-8-9-21(2)11-16(19)10-15-4-6-18(22-3)7-5-15/h4-7,13,16,19H,8-12H2,1-3H3/t16-,19-/m0/s1. The molecule has 0 spiro atoms. The molecule has 24 heavy (non-hydrogen) atoms. The van der Waals surface area contributed by atoms with Crippen LogP contribution >= 0.6 is 11.3 Å². The summed E-state index contributed by atoms with van der Waals surface area (Å²) in [5, 5.41) is 3.20. The molecule has 0 N–H and O–H groups in total. The van der Waals surface area contributed by atoms with Gasteiger partial charge in [-0.2, -0.15) is 0 Å². The second-order valence-corrected chi connectivity index (χ2v) is 7.63. The minimum absolute atomic E-state index is 0.297. The van der Waals surface area contributed by atoms with Crippen molar-refractivity contribution in [1.82, 2.24) is 9.88 Å². The number of ether oxygens (including phenoxy) is 2. The highest BCUT2D eigenvalue weighted by atomic mass is 32.1. The fourth-order valence-electron chi connectivity index (χ4n) is 3.34. The van der Waals surface area contributed by atoms with E-state index in [-0.39, 0.29) is 0 Å². The first-order chi connectivity index (χ1) is 11.6. The Labute approximate surface area is 148 Å². The van der Waals surface area contributed by atoms with Gasteiger partial charge >= 0.3 is 0 Å². The Kier molecular flexibility index (Phi) is 5.87. The molecule has 1 saturated heterocycles. The minimum Gasteiger partial charge on any atom is -0.497 e. The zero-order valence-electron chi connectivity index (χ0n) is 14.7. The Morgan fingerprint density at radius 1 is 1.29 bits per heavy atom. The van der Waals surface area contributed by atoms with Gasteiger partial charge in [0.25, 0.3) is 0 Å². The lowest BCUT2D eigenvalue weighted by molar-refractivity contribution is -0.0383. The fraction of sp³-hybridized carbons (Fsp3) is 0.526. The van der Waals surface area contributed by atoms with Crippen LogP contribution in [0.3, 0.4) is 0 Å². The molecule has 2 atom stereocenters. The Balaban J connectivity index is 1.62. The van der Waals surface area contributed by atoms with Crippen LogP contribution in [0.25, 0.3) is 0 Å². The lowest BCUT2D eigenvalue weighted by Gasteiger charge is -2.36. The number of aryl methyl sites for hydroxylation is 1. The lowest BCUT2D eigenvalue weighted by atomic mass is 9.88. The lowest BCUT2D eigenvalue weighted by Crippen LogP contribution is -2.43. The van der Waals surface area contributed by atoms with Gasteiger partial charge in [-0.15, -0.1) is 11.3 Å². The zero-order valence-corrected chi connectivity index (χ0v) is 15.5. The first-order valence-electron chi connectivity index (χ1n) is 8.48. The highest BCUT2D eigenvalue weighted by molar-refractivity contribution is 7.09. The van der Waals surface area contributed by atoms with E-state index in [0.29, 0.717) is 18.6 Å². The van der Waals surface area contributed by atoms with Gasteiger partial charge in [0.05, 0.1) is 30.5 Å². The smallest absolute Gasteiger partial charge is 0.118 e. The van der Waals surface area contributed by atoms with Crippen LogP contribution in [0, 0.1) is 12.8 Å². The molecule has 1 aromatic carbocycles. The predicted octanol–water partition coefficient (Wildman–Crippen LogP) is 3.54. The van der Waals surface area contributed by atoms with Crippen LogP contribution < -0.4 is 4.74 Å². The van der Waals surface area contributed by atoms with Crippen molar-refractivity contribution >= 4 is 11.3 Å². The first-order valence-corrected chi connectivity index (χ1v) is 9.36. The van der Waals surface area contributed by atoms with Crippen LogP contribution in [0.15, 0.2) is 29.6 Å². The van der Waals surface area contributed by atoms with Crippen molar-refractivity contribution in [2.75, 3.05) is 27.2 Å². The maximum absolute atomic E-state index is 6.25. The number of piperidine rings is 1. The van der Waals surface area contributed by atoms with Gasteiger partial charge in [-0.1, -0.05) is 12.1 Å². The summed E-state index contributed by atoms with van der Waals surface area (Å²) in [4.78, 5) is 6.91. The summed E-state index contributed by atoms with van der Waals surface area (Å²) in [7, 11) is 3.90. The van der Waals surface area contributed by atoms with E-state index in [1.807, 2.05) is 19.1 Å².